The van der Waals surface area contributed by atoms with Crippen molar-refractivity contribution in [3.63, 3.8) is 0 Å². The van der Waals surface area contributed by atoms with Gasteiger partial charge in [-0.1, -0.05) is 37.3 Å². The number of hydrogen-bond donors (Lipinski definition) is 0. The fraction of sp³-hybridized carbons (Fsp3) is 0.500. The third-order valence-electron chi connectivity index (χ3n) is 3.14. The maximum Gasteiger partial charge on any atom is 0.225 e. The minimum absolute atomic E-state index is 0.164. The predicted molar refractivity (Wildman–Crippen MR) is 54.9 cm³/mol. The van der Waals surface area contributed by atoms with Crippen molar-refractivity contribution in [2.45, 2.75) is 31.7 Å². The second-order valence-corrected chi connectivity index (χ2v) is 3.87. The SMILES string of the molecule is CC[C@@]1(C)O[C@@]1(OC)c1ccccc1. The number of benzene rings is 1. The highest BCUT2D eigenvalue weighted by Crippen LogP contribution is 2.57. The van der Waals surface area contributed by atoms with Gasteiger partial charge in [0.05, 0.1) is 0 Å². The Morgan fingerprint density at radius 2 is 1.93 bits per heavy atom. The summed E-state index contributed by atoms with van der Waals surface area (Å²) in [6, 6.07) is 10.1. The topological polar surface area (TPSA) is 21.8 Å². The van der Waals surface area contributed by atoms with Gasteiger partial charge >= 0.3 is 0 Å². The first-order valence-electron chi connectivity index (χ1n) is 4.99. The molecule has 0 saturated carbocycles. The van der Waals surface area contributed by atoms with Crippen molar-refractivity contribution in [1.29, 1.82) is 0 Å². The maximum absolute atomic E-state index is 5.75. The van der Waals surface area contributed by atoms with Crippen LogP contribution in [0.4, 0.5) is 0 Å². The van der Waals surface area contributed by atoms with E-state index in [2.05, 4.69) is 13.8 Å². The molecular weight excluding hydrogens is 176 g/mol. The zero-order valence-electron chi connectivity index (χ0n) is 8.91. The summed E-state index contributed by atoms with van der Waals surface area (Å²) in [4.78, 5) is 0. The van der Waals surface area contributed by atoms with Gasteiger partial charge in [-0.05, 0) is 13.3 Å². The number of methoxy groups -OCH3 is 1. The van der Waals surface area contributed by atoms with Crippen LogP contribution in [0.1, 0.15) is 25.8 Å². The largest absolute Gasteiger partial charge is 0.347 e. The molecule has 2 nitrogen and oxygen atoms in total. The van der Waals surface area contributed by atoms with E-state index in [1.807, 2.05) is 30.3 Å². The first kappa shape index (κ1) is 9.69. The third kappa shape index (κ3) is 1.11. The highest BCUT2D eigenvalue weighted by atomic mass is 16.8. The van der Waals surface area contributed by atoms with E-state index in [4.69, 9.17) is 9.47 Å². The standard InChI is InChI=1S/C12H16O2/c1-4-11(2)12(13-3,14-11)10-8-6-5-7-9-10/h5-9H,4H2,1-3H3/t11-,12+/m1/s1. The molecule has 0 N–H and O–H groups in total. The minimum atomic E-state index is -0.511. The second-order valence-electron chi connectivity index (χ2n) is 3.87. The molecule has 1 aromatic carbocycles. The number of rotatable bonds is 3. The van der Waals surface area contributed by atoms with E-state index in [1.165, 1.54) is 0 Å². The molecular formula is C12H16O2. The van der Waals surface area contributed by atoms with Crippen molar-refractivity contribution >= 4 is 0 Å². The molecule has 1 fully saturated rings. The highest BCUT2D eigenvalue weighted by molar-refractivity contribution is 5.29. The third-order valence-corrected chi connectivity index (χ3v) is 3.14. The van der Waals surface area contributed by atoms with E-state index >= 15 is 0 Å². The van der Waals surface area contributed by atoms with Gasteiger partial charge < -0.3 is 9.47 Å². The fourth-order valence-electron chi connectivity index (χ4n) is 1.99. The molecule has 14 heavy (non-hydrogen) atoms. The van der Waals surface area contributed by atoms with Crippen LogP contribution in [0.5, 0.6) is 0 Å². The summed E-state index contributed by atoms with van der Waals surface area (Å²) < 4.78 is 11.3. The van der Waals surface area contributed by atoms with E-state index in [-0.39, 0.29) is 5.60 Å². The summed E-state index contributed by atoms with van der Waals surface area (Å²) in [5.74, 6) is -0.511. The summed E-state index contributed by atoms with van der Waals surface area (Å²) in [5.41, 5.74) is 0.940. The van der Waals surface area contributed by atoms with Gasteiger partial charge in [-0.3, -0.25) is 0 Å². The van der Waals surface area contributed by atoms with Crippen LogP contribution < -0.4 is 0 Å². The van der Waals surface area contributed by atoms with Crippen molar-refractivity contribution in [1.82, 2.24) is 0 Å². The number of epoxide rings is 1. The van der Waals surface area contributed by atoms with Gasteiger partial charge in [0, 0.05) is 12.7 Å². The minimum Gasteiger partial charge on any atom is -0.347 e. The highest BCUT2D eigenvalue weighted by Gasteiger charge is 2.68. The van der Waals surface area contributed by atoms with Crippen LogP contribution in [0.25, 0.3) is 0 Å². The van der Waals surface area contributed by atoms with E-state index in [0.717, 1.165) is 12.0 Å². The Bertz CT molecular complexity index is 322. The Labute approximate surface area is 84.8 Å². The Morgan fingerprint density at radius 3 is 2.36 bits per heavy atom. The van der Waals surface area contributed by atoms with Gasteiger partial charge in [0.1, 0.15) is 5.60 Å². The smallest absolute Gasteiger partial charge is 0.225 e. The van der Waals surface area contributed by atoms with Crippen LogP contribution in [0, 0.1) is 0 Å². The summed E-state index contributed by atoms with van der Waals surface area (Å²) in [6.45, 7) is 4.20. The molecule has 1 aliphatic heterocycles. The summed E-state index contributed by atoms with van der Waals surface area (Å²) in [7, 11) is 1.70. The van der Waals surface area contributed by atoms with Crippen molar-refractivity contribution in [2.24, 2.45) is 0 Å². The van der Waals surface area contributed by atoms with Gasteiger partial charge in [0.25, 0.3) is 0 Å². The molecule has 0 radical (unpaired) electrons. The van der Waals surface area contributed by atoms with E-state index in [0.29, 0.717) is 0 Å². The Morgan fingerprint density at radius 1 is 1.29 bits per heavy atom. The molecule has 1 heterocycles. The van der Waals surface area contributed by atoms with Crippen LogP contribution in [0.3, 0.4) is 0 Å². The molecule has 0 aliphatic carbocycles. The molecule has 0 unspecified atom stereocenters. The lowest BCUT2D eigenvalue weighted by molar-refractivity contribution is -0.0149. The molecule has 0 amide bonds. The van der Waals surface area contributed by atoms with E-state index in [1.54, 1.807) is 7.11 Å². The fourth-order valence-corrected chi connectivity index (χ4v) is 1.99. The van der Waals surface area contributed by atoms with Crippen molar-refractivity contribution in [2.75, 3.05) is 7.11 Å². The molecule has 76 valence electrons. The molecule has 0 aromatic heterocycles. The monoisotopic (exact) mass is 192 g/mol. The molecule has 1 aromatic rings. The Hall–Kier alpha value is -0.860. The van der Waals surface area contributed by atoms with Crippen LogP contribution in [0.2, 0.25) is 0 Å². The van der Waals surface area contributed by atoms with E-state index < -0.39 is 5.79 Å². The summed E-state index contributed by atoms with van der Waals surface area (Å²) in [6.07, 6.45) is 0.954. The van der Waals surface area contributed by atoms with Crippen LogP contribution in [0.15, 0.2) is 30.3 Å². The zero-order valence-corrected chi connectivity index (χ0v) is 8.91. The number of ether oxygens (including phenoxy) is 2. The lowest BCUT2D eigenvalue weighted by Crippen LogP contribution is -2.22. The molecule has 2 heteroatoms. The van der Waals surface area contributed by atoms with Gasteiger partial charge in [0.15, 0.2) is 0 Å². The van der Waals surface area contributed by atoms with Crippen LogP contribution in [-0.4, -0.2) is 12.7 Å². The first-order chi connectivity index (χ1) is 6.68. The summed E-state index contributed by atoms with van der Waals surface area (Å²) in [5, 5.41) is 0. The van der Waals surface area contributed by atoms with Gasteiger partial charge in [0.2, 0.25) is 5.79 Å². The summed E-state index contributed by atoms with van der Waals surface area (Å²) >= 11 is 0. The van der Waals surface area contributed by atoms with Gasteiger partial charge in [-0.15, -0.1) is 0 Å². The number of hydrogen-bond acceptors (Lipinski definition) is 2. The average Bonchev–Trinajstić information content (AvgIpc) is 2.88. The van der Waals surface area contributed by atoms with Crippen molar-refractivity contribution < 1.29 is 9.47 Å². The molecule has 0 bridgehead atoms. The zero-order chi connectivity index (χ0) is 10.2. The molecule has 1 aliphatic rings. The molecule has 2 rings (SSSR count). The maximum atomic E-state index is 5.75. The van der Waals surface area contributed by atoms with Crippen molar-refractivity contribution in [3.8, 4) is 0 Å². The van der Waals surface area contributed by atoms with Crippen molar-refractivity contribution in [3.05, 3.63) is 35.9 Å². The predicted octanol–water partition coefficient (Wildman–Crippen LogP) is 2.68. The normalized spacial score (nSPS) is 35.6. The van der Waals surface area contributed by atoms with Crippen LogP contribution in [-0.2, 0) is 15.3 Å². The lowest BCUT2D eigenvalue weighted by Gasteiger charge is -2.14. The quantitative estimate of drug-likeness (QED) is 0.687. The molecule has 2 atom stereocenters. The van der Waals surface area contributed by atoms with Crippen LogP contribution >= 0.6 is 0 Å². The second kappa shape index (κ2) is 3.07. The lowest BCUT2D eigenvalue weighted by atomic mass is 9.95. The van der Waals surface area contributed by atoms with Gasteiger partial charge in [-0.25, -0.2) is 0 Å². The average molecular weight is 192 g/mol. The van der Waals surface area contributed by atoms with Gasteiger partial charge in [-0.2, -0.15) is 0 Å². The molecule has 0 spiro atoms. The Balaban J connectivity index is 2.34. The molecule has 1 saturated heterocycles. The Kier molecular flexibility index (Phi) is 2.13. The first-order valence-corrected chi connectivity index (χ1v) is 4.99. The van der Waals surface area contributed by atoms with E-state index in [9.17, 15) is 0 Å².